The van der Waals surface area contributed by atoms with Gasteiger partial charge in [0.25, 0.3) is 0 Å². The van der Waals surface area contributed by atoms with Crippen molar-refractivity contribution >= 4 is 26.8 Å². The van der Waals surface area contributed by atoms with Crippen LogP contribution in [0.2, 0.25) is 0 Å². The maximum atomic E-state index is 4.18. The highest BCUT2D eigenvalue weighted by atomic mass is 79.9. The lowest BCUT2D eigenvalue weighted by Crippen LogP contribution is -1.92. The van der Waals surface area contributed by atoms with Gasteiger partial charge in [-0.15, -0.1) is 0 Å². The van der Waals surface area contributed by atoms with Crippen molar-refractivity contribution in [1.29, 1.82) is 0 Å². The number of halogens is 1. The van der Waals surface area contributed by atoms with Crippen LogP contribution in [0.15, 0.2) is 47.2 Å². The van der Waals surface area contributed by atoms with Crippen LogP contribution in [0.25, 0.3) is 16.7 Å². The maximum absolute atomic E-state index is 4.18. The van der Waals surface area contributed by atoms with Gasteiger partial charge in [0.15, 0.2) is 0 Å². The fourth-order valence-corrected chi connectivity index (χ4v) is 2.12. The van der Waals surface area contributed by atoms with E-state index < -0.39 is 0 Å². The van der Waals surface area contributed by atoms with Crippen LogP contribution >= 0.6 is 15.9 Å². The van der Waals surface area contributed by atoms with Crippen LogP contribution in [-0.2, 0) is 0 Å². The van der Waals surface area contributed by atoms with E-state index in [1.807, 2.05) is 35.1 Å². The number of nitrogens with zero attached hydrogens (tertiary/aromatic N) is 2. The molecule has 0 atom stereocenters. The summed E-state index contributed by atoms with van der Waals surface area (Å²) in [7, 11) is 0. The highest BCUT2D eigenvalue weighted by Crippen LogP contribution is 2.25. The van der Waals surface area contributed by atoms with E-state index >= 15 is 0 Å². The molecule has 3 nitrogen and oxygen atoms in total. The number of hydrogen-bond donors (Lipinski definition) is 1. The van der Waals surface area contributed by atoms with Gasteiger partial charge >= 0.3 is 0 Å². The maximum Gasteiger partial charge on any atom is 0.132 e. The highest BCUT2D eigenvalue weighted by Gasteiger charge is 2.04. The molecule has 15 heavy (non-hydrogen) atoms. The van der Waals surface area contributed by atoms with E-state index in [-0.39, 0.29) is 0 Å². The Morgan fingerprint density at radius 1 is 1.27 bits per heavy atom. The molecular weight excluding hydrogens is 254 g/mol. The van der Waals surface area contributed by atoms with E-state index in [0.717, 1.165) is 15.8 Å². The Morgan fingerprint density at radius 2 is 2.20 bits per heavy atom. The van der Waals surface area contributed by atoms with Gasteiger partial charge in [0, 0.05) is 27.8 Å². The molecule has 0 fully saturated rings. The fraction of sp³-hybridized carbons (Fsp3) is 0. The quantitative estimate of drug-likeness (QED) is 0.718. The van der Waals surface area contributed by atoms with Gasteiger partial charge in [0.2, 0.25) is 0 Å². The van der Waals surface area contributed by atoms with Gasteiger partial charge in [-0.05, 0) is 24.3 Å². The van der Waals surface area contributed by atoms with E-state index in [2.05, 4.69) is 32.1 Å². The van der Waals surface area contributed by atoms with Crippen molar-refractivity contribution in [3.05, 3.63) is 47.2 Å². The zero-order valence-corrected chi connectivity index (χ0v) is 9.40. The Balaban J connectivity index is 2.27. The summed E-state index contributed by atoms with van der Waals surface area (Å²) >= 11 is 3.52. The van der Waals surface area contributed by atoms with Crippen LogP contribution < -0.4 is 0 Å². The Hall–Kier alpha value is -1.55. The van der Waals surface area contributed by atoms with E-state index in [9.17, 15) is 0 Å². The second-order valence-corrected chi connectivity index (χ2v) is 4.16. The van der Waals surface area contributed by atoms with Crippen molar-refractivity contribution in [3.63, 3.8) is 0 Å². The number of benzene rings is 1. The number of aromatic amines is 1. The second-order valence-electron chi connectivity index (χ2n) is 3.31. The van der Waals surface area contributed by atoms with Crippen molar-refractivity contribution < 1.29 is 0 Å². The average molecular weight is 262 g/mol. The number of H-pyrrole nitrogens is 1. The van der Waals surface area contributed by atoms with Gasteiger partial charge < -0.3 is 4.98 Å². The molecule has 0 amide bonds. The molecule has 0 aliphatic heterocycles. The van der Waals surface area contributed by atoms with Crippen molar-refractivity contribution in [2.45, 2.75) is 0 Å². The van der Waals surface area contributed by atoms with E-state index in [1.165, 1.54) is 5.39 Å². The van der Waals surface area contributed by atoms with Crippen molar-refractivity contribution in [3.8, 4) is 5.82 Å². The van der Waals surface area contributed by atoms with Gasteiger partial charge in [-0.3, -0.25) is 0 Å². The topological polar surface area (TPSA) is 33.6 Å². The van der Waals surface area contributed by atoms with Crippen molar-refractivity contribution in [1.82, 2.24) is 14.8 Å². The first-order valence-electron chi connectivity index (χ1n) is 4.62. The summed E-state index contributed by atoms with van der Waals surface area (Å²) in [4.78, 5) is 3.31. The normalized spacial score (nSPS) is 11.0. The monoisotopic (exact) mass is 261 g/mol. The number of nitrogens with one attached hydrogen (secondary N) is 1. The third-order valence-electron chi connectivity index (χ3n) is 2.35. The minimum absolute atomic E-state index is 0.974. The summed E-state index contributed by atoms with van der Waals surface area (Å²) < 4.78 is 2.90. The number of fused-ring (bicyclic) bond motifs is 1. The molecular formula is C11H8BrN3. The highest BCUT2D eigenvalue weighted by molar-refractivity contribution is 9.10. The molecule has 0 aliphatic carbocycles. The molecule has 0 aliphatic rings. The molecule has 0 radical (unpaired) electrons. The van der Waals surface area contributed by atoms with E-state index in [0.29, 0.717) is 0 Å². The van der Waals surface area contributed by atoms with Crippen LogP contribution in [0.4, 0.5) is 0 Å². The molecule has 2 heterocycles. The molecule has 3 rings (SSSR count). The lowest BCUT2D eigenvalue weighted by atomic mass is 10.2. The molecule has 4 heteroatoms. The molecule has 0 spiro atoms. The van der Waals surface area contributed by atoms with Crippen LogP contribution in [0.1, 0.15) is 0 Å². The van der Waals surface area contributed by atoms with Gasteiger partial charge in [0.1, 0.15) is 5.82 Å². The molecule has 0 unspecified atom stereocenters. The predicted octanol–water partition coefficient (Wildman–Crippen LogP) is 3.12. The third-order valence-corrected chi connectivity index (χ3v) is 3.04. The summed E-state index contributed by atoms with van der Waals surface area (Å²) in [6.45, 7) is 0. The van der Waals surface area contributed by atoms with Crippen LogP contribution in [0.3, 0.4) is 0 Å². The average Bonchev–Trinajstić information content (AvgIpc) is 2.86. The minimum Gasteiger partial charge on any atom is -0.340 e. The first-order valence-corrected chi connectivity index (χ1v) is 5.41. The Bertz CT molecular complexity index is 595. The standard InChI is InChI=1S/C11H8BrN3/c12-9-3-1-4-10-8(9)7-11(14-10)15-6-2-5-13-15/h1-7,14H. The molecule has 0 saturated heterocycles. The Labute approximate surface area is 94.9 Å². The van der Waals surface area contributed by atoms with Crippen LogP contribution in [-0.4, -0.2) is 14.8 Å². The number of rotatable bonds is 1. The van der Waals surface area contributed by atoms with Crippen molar-refractivity contribution in [2.24, 2.45) is 0 Å². The SMILES string of the molecule is Brc1cccc2[nH]c(-n3cccn3)cc12. The smallest absolute Gasteiger partial charge is 0.132 e. The zero-order valence-electron chi connectivity index (χ0n) is 7.81. The third kappa shape index (κ3) is 1.37. The number of hydrogen-bond acceptors (Lipinski definition) is 1. The summed E-state index contributed by atoms with van der Waals surface area (Å²) in [5.74, 6) is 0.974. The summed E-state index contributed by atoms with van der Waals surface area (Å²) in [5.41, 5.74) is 1.11. The first-order chi connectivity index (χ1) is 7.34. The molecule has 74 valence electrons. The van der Waals surface area contributed by atoms with Crippen LogP contribution in [0, 0.1) is 0 Å². The summed E-state index contributed by atoms with van der Waals surface area (Å²) in [6.07, 6.45) is 3.68. The zero-order chi connectivity index (χ0) is 10.3. The summed E-state index contributed by atoms with van der Waals surface area (Å²) in [6, 6.07) is 10.1. The summed E-state index contributed by atoms with van der Waals surface area (Å²) in [5, 5.41) is 5.35. The molecule has 2 aromatic heterocycles. The van der Waals surface area contributed by atoms with E-state index in [4.69, 9.17) is 0 Å². The Morgan fingerprint density at radius 3 is 2.93 bits per heavy atom. The lowest BCUT2D eigenvalue weighted by molar-refractivity contribution is 0.858. The van der Waals surface area contributed by atoms with Gasteiger partial charge in [-0.1, -0.05) is 22.0 Å². The number of aromatic nitrogens is 3. The van der Waals surface area contributed by atoms with Crippen LogP contribution in [0.5, 0.6) is 0 Å². The van der Waals surface area contributed by atoms with Crippen molar-refractivity contribution in [2.75, 3.05) is 0 Å². The largest absolute Gasteiger partial charge is 0.340 e. The molecule has 0 saturated carbocycles. The van der Waals surface area contributed by atoms with Gasteiger partial charge in [-0.2, -0.15) is 5.10 Å². The van der Waals surface area contributed by atoms with Gasteiger partial charge in [0.05, 0.1) is 0 Å². The molecule has 1 aromatic carbocycles. The first kappa shape index (κ1) is 8.73. The molecule has 1 N–H and O–H groups in total. The Kier molecular flexibility index (Phi) is 1.89. The molecule has 0 bridgehead atoms. The van der Waals surface area contributed by atoms with Gasteiger partial charge in [-0.25, -0.2) is 4.68 Å². The minimum atomic E-state index is 0.974. The lowest BCUT2D eigenvalue weighted by Gasteiger charge is -1.93. The predicted molar refractivity (Wildman–Crippen MR) is 63.1 cm³/mol. The second kappa shape index (κ2) is 3.24. The fourth-order valence-electron chi connectivity index (χ4n) is 1.64. The molecule has 3 aromatic rings. The van der Waals surface area contributed by atoms with E-state index in [1.54, 1.807) is 6.20 Å².